The second-order valence-corrected chi connectivity index (χ2v) is 5.01. The number of ether oxygens (including phenoxy) is 2. The molecule has 0 unspecified atom stereocenters. The molecule has 0 spiro atoms. The van der Waals surface area contributed by atoms with Gasteiger partial charge in [-0.05, 0) is 44.0 Å². The van der Waals surface area contributed by atoms with Crippen molar-refractivity contribution in [3.8, 4) is 11.8 Å². The van der Waals surface area contributed by atoms with Gasteiger partial charge in [0.05, 0.1) is 6.61 Å². The summed E-state index contributed by atoms with van der Waals surface area (Å²) in [5.74, 6) is -0.508. The molecule has 1 amide bonds. The van der Waals surface area contributed by atoms with Gasteiger partial charge in [-0.15, -0.1) is 0 Å². The minimum atomic E-state index is -0.957. The number of hydrogen-bond donors (Lipinski definition) is 1. The molecule has 0 radical (unpaired) electrons. The topological polar surface area (TPSA) is 88.4 Å². The Bertz CT molecular complexity index is 629. The Morgan fingerprint density at radius 3 is 2.50 bits per heavy atom. The highest BCUT2D eigenvalue weighted by atomic mass is 16.5. The van der Waals surface area contributed by atoms with Crippen molar-refractivity contribution in [2.45, 2.75) is 33.3 Å². The summed E-state index contributed by atoms with van der Waals surface area (Å²) in [5, 5.41) is 11.8. The summed E-state index contributed by atoms with van der Waals surface area (Å²) in [6.07, 6.45) is 1.24. The van der Waals surface area contributed by atoms with Crippen molar-refractivity contribution in [1.29, 1.82) is 5.26 Å². The van der Waals surface area contributed by atoms with E-state index in [1.807, 2.05) is 13.8 Å². The summed E-state index contributed by atoms with van der Waals surface area (Å²) in [4.78, 5) is 23.7. The van der Waals surface area contributed by atoms with Gasteiger partial charge in [0.2, 0.25) is 0 Å². The van der Waals surface area contributed by atoms with Gasteiger partial charge >= 0.3 is 5.97 Å². The lowest BCUT2D eigenvalue weighted by atomic mass is 10.1. The standard InChI is InChI=1S/C18H22N2O4/c1-4-10-20-17(21)13(3)24-18(22)15(12-19)11-14-6-8-16(9-7-14)23-5-2/h6-9,11,13H,4-5,10H2,1-3H3,(H,20,21)/b15-11+/t13-/m1/s1. The highest BCUT2D eigenvalue weighted by Gasteiger charge is 2.20. The van der Waals surface area contributed by atoms with Crippen LogP contribution in [0.1, 0.15) is 32.8 Å². The molecule has 0 saturated heterocycles. The number of benzene rings is 1. The van der Waals surface area contributed by atoms with Gasteiger partial charge in [-0.1, -0.05) is 19.1 Å². The van der Waals surface area contributed by atoms with E-state index in [0.717, 1.165) is 6.42 Å². The summed E-state index contributed by atoms with van der Waals surface area (Å²) >= 11 is 0. The van der Waals surface area contributed by atoms with Crippen LogP contribution in [0.3, 0.4) is 0 Å². The minimum absolute atomic E-state index is 0.172. The first-order valence-corrected chi connectivity index (χ1v) is 7.85. The first-order valence-electron chi connectivity index (χ1n) is 7.85. The van der Waals surface area contributed by atoms with Gasteiger partial charge in [-0.2, -0.15) is 5.26 Å². The molecule has 0 aliphatic heterocycles. The van der Waals surface area contributed by atoms with Crippen LogP contribution in [0, 0.1) is 11.3 Å². The second kappa shape index (κ2) is 10.1. The summed E-state index contributed by atoms with van der Waals surface area (Å²) < 4.78 is 10.4. The summed E-state index contributed by atoms with van der Waals surface area (Å²) in [6, 6.07) is 8.75. The van der Waals surface area contributed by atoms with Crippen LogP contribution in [0.25, 0.3) is 6.08 Å². The fourth-order valence-electron chi connectivity index (χ4n) is 1.80. The predicted molar refractivity (Wildman–Crippen MR) is 90.1 cm³/mol. The lowest BCUT2D eigenvalue weighted by molar-refractivity contribution is -0.150. The molecular weight excluding hydrogens is 308 g/mol. The maximum Gasteiger partial charge on any atom is 0.349 e. The van der Waals surface area contributed by atoms with Crippen LogP contribution in [0.5, 0.6) is 5.75 Å². The molecule has 6 nitrogen and oxygen atoms in total. The summed E-state index contributed by atoms with van der Waals surface area (Å²) in [6.45, 7) is 6.34. The molecule has 0 aromatic heterocycles. The quantitative estimate of drug-likeness (QED) is 0.449. The van der Waals surface area contributed by atoms with E-state index in [4.69, 9.17) is 14.7 Å². The molecule has 0 fully saturated rings. The average molecular weight is 330 g/mol. The third-order valence-corrected chi connectivity index (χ3v) is 3.04. The Labute approximate surface area is 142 Å². The molecule has 128 valence electrons. The van der Waals surface area contributed by atoms with Gasteiger partial charge in [-0.3, -0.25) is 4.79 Å². The molecule has 0 saturated carbocycles. The van der Waals surface area contributed by atoms with Gasteiger partial charge in [0.15, 0.2) is 6.10 Å². The molecule has 6 heteroatoms. The van der Waals surface area contributed by atoms with Crippen LogP contribution in [-0.2, 0) is 14.3 Å². The second-order valence-electron chi connectivity index (χ2n) is 5.01. The number of carbonyl (C=O) groups is 2. The van der Waals surface area contributed by atoms with Crippen molar-refractivity contribution >= 4 is 18.0 Å². The Morgan fingerprint density at radius 2 is 1.96 bits per heavy atom. The third kappa shape index (κ3) is 6.13. The van der Waals surface area contributed by atoms with Crippen molar-refractivity contribution in [2.75, 3.05) is 13.2 Å². The molecule has 1 aromatic rings. The van der Waals surface area contributed by atoms with E-state index in [-0.39, 0.29) is 11.5 Å². The largest absolute Gasteiger partial charge is 0.494 e. The predicted octanol–water partition coefficient (Wildman–Crippen LogP) is 2.45. The first-order chi connectivity index (χ1) is 11.5. The number of hydrogen-bond acceptors (Lipinski definition) is 5. The fraction of sp³-hybridized carbons (Fsp3) is 0.389. The number of nitrogens with zero attached hydrogens (tertiary/aromatic N) is 1. The van der Waals surface area contributed by atoms with E-state index < -0.39 is 12.1 Å². The van der Waals surface area contributed by atoms with Gasteiger partial charge < -0.3 is 14.8 Å². The zero-order valence-corrected chi connectivity index (χ0v) is 14.2. The van der Waals surface area contributed by atoms with Crippen LogP contribution >= 0.6 is 0 Å². The molecule has 0 aliphatic rings. The Hall–Kier alpha value is -2.81. The first kappa shape index (κ1) is 19.2. The molecule has 1 atom stereocenters. The van der Waals surface area contributed by atoms with Gasteiger partial charge in [-0.25, -0.2) is 4.79 Å². The average Bonchev–Trinajstić information content (AvgIpc) is 2.58. The van der Waals surface area contributed by atoms with E-state index >= 15 is 0 Å². The number of esters is 1. The smallest absolute Gasteiger partial charge is 0.349 e. The molecule has 24 heavy (non-hydrogen) atoms. The SMILES string of the molecule is CCCNC(=O)[C@@H](C)OC(=O)/C(C#N)=C/c1ccc(OCC)cc1. The number of amides is 1. The lowest BCUT2D eigenvalue weighted by Gasteiger charge is -2.12. The van der Waals surface area contributed by atoms with E-state index in [0.29, 0.717) is 24.5 Å². The molecule has 1 N–H and O–H groups in total. The molecule has 1 rings (SSSR count). The maximum absolute atomic E-state index is 12.0. The monoisotopic (exact) mass is 330 g/mol. The van der Waals surface area contributed by atoms with Crippen LogP contribution in [0.2, 0.25) is 0 Å². The van der Waals surface area contributed by atoms with Crippen LogP contribution in [0.4, 0.5) is 0 Å². The Morgan fingerprint density at radius 1 is 1.29 bits per heavy atom. The van der Waals surface area contributed by atoms with Crippen molar-refractivity contribution in [3.63, 3.8) is 0 Å². The normalized spacial score (nSPS) is 12.0. The van der Waals surface area contributed by atoms with Crippen molar-refractivity contribution in [1.82, 2.24) is 5.32 Å². The fourth-order valence-corrected chi connectivity index (χ4v) is 1.80. The van der Waals surface area contributed by atoms with E-state index in [2.05, 4.69) is 5.32 Å². The Kier molecular flexibility index (Phi) is 8.06. The molecule has 0 bridgehead atoms. The molecule has 1 aromatic carbocycles. The van der Waals surface area contributed by atoms with Crippen LogP contribution < -0.4 is 10.1 Å². The Balaban J connectivity index is 2.75. The summed E-state index contributed by atoms with van der Waals surface area (Å²) in [5.41, 5.74) is 0.490. The number of nitrogens with one attached hydrogen (secondary N) is 1. The lowest BCUT2D eigenvalue weighted by Crippen LogP contribution is -2.36. The van der Waals surface area contributed by atoms with E-state index in [1.165, 1.54) is 13.0 Å². The number of rotatable bonds is 8. The zero-order valence-electron chi connectivity index (χ0n) is 14.2. The van der Waals surface area contributed by atoms with Crippen LogP contribution in [-0.4, -0.2) is 31.1 Å². The number of carbonyl (C=O) groups excluding carboxylic acids is 2. The van der Waals surface area contributed by atoms with Crippen molar-refractivity contribution in [3.05, 3.63) is 35.4 Å². The van der Waals surface area contributed by atoms with Gasteiger partial charge in [0.1, 0.15) is 17.4 Å². The third-order valence-electron chi connectivity index (χ3n) is 3.04. The van der Waals surface area contributed by atoms with Gasteiger partial charge in [0.25, 0.3) is 5.91 Å². The molecular formula is C18H22N2O4. The van der Waals surface area contributed by atoms with Crippen molar-refractivity contribution < 1.29 is 19.1 Å². The van der Waals surface area contributed by atoms with Gasteiger partial charge in [0, 0.05) is 6.54 Å². The van der Waals surface area contributed by atoms with E-state index in [9.17, 15) is 9.59 Å². The van der Waals surface area contributed by atoms with E-state index in [1.54, 1.807) is 30.3 Å². The minimum Gasteiger partial charge on any atom is -0.494 e. The highest BCUT2D eigenvalue weighted by Crippen LogP contribution is 2.15. The highest BCUT2D eigenvalue weighted by molar-refractivity contribution is 5.99. The zero-order chi connectivity index (χ0) is 17.9. The van der Waals surface area contributed by atoms with Crippen LogP contribution in [0.15, 0.2) is 29.8 Å². The molecule has 0 heterocycles. The number of nitriles is 1. The van der Waals surface area contributed by atoms with Crippen molar-refractivity contribution in [2.24, 2.45) is 0 Å². The molecule has 0 aliphatic carbocycles. The summed E-state index contributed by atoms with van der Waals surface area (Å²) in [7, 11) is 0. The maximum atomic E-state index is 12.0.